The number of carbonyl (C=O) groups excluding carboxylic acids is 3. The Kier molecular flexibility index (Phi) is 2.62. The van der Waals surface area contributed by atoms with Gasteiger partial charge in [-0.25, -0.2) is 4.79 Å². The van der Waals surface area contributed by atoms with E-state index in [1.165, 1.54) is 7.05 Å². The largest absolute Gasteiger partial charge is 0.396 e. The smallest absolute Gasteiger partial charge is 0.333 e. The zero-order chi connectivity index (χ0) is 10.0. The van der Waals surface area contributed by atoms with Crippen LogP contribution in [0.2, 0.25) is 0 Å². The molecule has 0 radical (unpaired) electrons. The summed E-state index contributed by atoms with van der Waals surface area (Å²) in [5, 5.41) is 8.48. The summed E-state index contributed by atoms with van der Waals surface area (Å²) in [4.78, 5) is 34.8. The van der Waals surface area contributed by atoms with Crippen LogP contribution in [0.3, 0.4) is 0 Å². The number of amides is 4. The second-order valence-corrected chi connectivity index (χ2v) is 2.68. The molecule has 0 aromatic heterocycles. The summed E-state index contributed by atoms with van der Waals surface area (Å²) in [5.74, 6) is -1.64. The molecule has 0 unspecified atom stereocenters. The third kappa shape index (κ3) is 1.52. The standard InChI is InChI=1S/C7H10N2O4/c1-8-5(11)6(12)9(7(8)13)3-2-4-10/h10H,2-4H2,1H3. The van der Waals surface area contributed by atoms with Gasteiger partial charge in [0.2, 0.25) is 0 Å². The van der Waals surface area contributed by atoms with E-state index >= 15 is 0 Å². The van der Waals surface area contributed by atoms with E-state index in [0.29, 0.717) is 6.42 Å². The predicted octanol–water partition coefficient (Wildman–Crippen LogP) is -1.21. The molecule has 0 aromatic carbocycles. The van der Waals surface area contributed by atoms with Gasteiger partial charge >= 0.3 is 17.8 Å². The van der Waals surface area contributed by atoms with Crippen molar-refractivity contribution in [2.75, 3.05) is 20.2 Å². The van der Waals surface area contributed by atoms with E-state index < -0.39 is 17.8 Å². The molecule has 0 atom stereocenters. The Hall–Kier alpha value is -1.43. The van der Waals surface area contributed by atoms with Crippen LogP contribution in [0.15, 0.2) is 0 Å². The molecule has 1 aliphatic rings. The SMILES string of the molecule is CN1C(=O)C(=O)N(CCCO)C1=O. The number of aliphatic hydroxyl groups is 1. The van der Waals surface area contributed by atoms with E-state index in [4.69, 9.17) is 5.11 Å². The summed E-state index contributed by atoms with van der Waals surface area (Å²) < 4.78 is 0. The van der Waals surface area contributed by atoms with Gasteiger partial charge in [0.15, 0.2) is 0 Å². The van der Waals surface area contributed by atoms with Crippen molar-refractivity contribution in [3.05, 3.63) is 0 Å². The molecular weight excluding hydrogens is 176 g/mol. The third-order valence-corrected chi connectivity index (χ3v) is 1.79. The van der Waals surface area contributed by atoms with E-state index in [9.17, 15) is 14.4 Å². The summed E-state index contributed by atoms with van der Waals surface area (Å²) in [6.45, 7) is -0.0286. The van der Waals surface area contributed by atoms with Crippen molar-refractivity contribution in [2.45, 2.75) is 6.42 Å². The second kappa shape index (κ2) is 3.53. The second-order valence-electron chi connectivity index (χ2n) is 2.68. The lowest BCUT2D eigenvalue weighted by Crippen LogP contribution is -2.32. The number of hydrogen-bond donors (Lipinski definition) is 1. The topological polar surface area (TPSA) is 77.9 Å². The van der Waals surface area contributed by atoms with Crippen molar-refractivity contribution in [3.63, 3.8) is 0 Å². The van der Waals surface area contributed by atoms with E-state index in [1.807, 2.05) is 0 Å². The molecule has 0 aromatic rings. The van der Waals surface area contributed by atoms with Crippen LogP contribution in [-0.4, -0.2) is 53.0 Å². The first kappa shape index (κ1) is 9.66. The maximum atomic E-state index is 11.2. The maximum Gasteiger partial charge on any atom is 0.333 e. The number of imide groups is 2. The third-order valence-electron chi connectivity index (χ3n) is 1.79. The summed E-state index contributed by atoms with van der Waals surface area (Å²) in [6, 6.07) is -0.622. The van der Waals surface area contributed by atoms with Crippen LogP contribution in [0.1, 0.15) is 6.42 Å². The van der Waals surface area contributed by atoms with Crippen molar-refractivity contribution >= 4 is 17.8 Å². The van der Waals surface area contributed by atoms with Crippen LogP contribution >= 0.6 is 0 Å². The van der Waals surface area contributed by atoms with E-state index in [0.717, 1.165) is 9.80 Å². The Morgan fingerprint density at radius 3 is 2.23 bits per heavy atom. The highest BCUT2D eigenvalue weighted by atomic mass is 16.3. The first-order valence-corrected chi connectivity index (χ1v) is 3.84. The van der Waals surface area contributed by atoms with Crippen LogP contribution in [-0.2, 0) is 9.59 Å². The summed E-state index contributed by atoms with van der Waals surface area (Å²) in [5.41, 5.74) is 0. The van der Waals surface area contributed by atoms with Gasteiger partial charge in [-0.2, -0.15) is 0 Å². The Labute approximate surface area is 74.7 Å². The maximum absolute atomic E-state index is 11.2. The summed E-state index contributed by atoms with van der Waals surface area (Å²) >= 11 is 0. The fraction of sp³-hybridized carbons (Fsp3) is 0.571. The number of nitrogens with zero attached hydrogens (tertiary/aromatic N) is 2. The monoisotopic (exact) mass is 186 g/mol. The number of carbonyl (C=O) groups is 3. The van der Waals surface area contributed by atoms with Gasteiger partial charge in [-0.15, -0.1) is 0 Å². The van der Waals surface area contributed by atoms with Crippen molar-refractivity contribution in [1.82, 2.24) is 9.80 Å². The van der Waals surface area contributed by atoms with Crippen LogP contribution < -0.4 is 0 Å². The lowest BCUT2D eigenvalue weighted by molar-refractivity contribution is -0.142. The Balaban J connectivity index is 2.70. The average molecular weight is 186 g/mol. The zero-order valence-electron chi connectivity index (χ0n) is 7.19. The Morgan fingerprint density at radius 1 is 1.23 bits per heavy atom. The van der Waals surface area contributed by atoms with Crippen LogP contribution in [0.4, 0.5) is 4.79 Å². The molecule has 0 aliphatic carbocycles. The van der Waals surface area contributed by atoms with Crippen molar-refractivity contribution in [2.24, 2.45) is 0 Å². The zero-order valence-corrected chi connectivity index (χ0v) is 7.19. The molecule has 1 saturated heterocycles. The normalized spacial score (nSPS) is 17.5. The molecule has 1 heterocycles. The van der Waals surface area contributed by atoms with Gasteiger partial charge < -0.3 is 5.11 Å². The molecule has 13 heavy (non-hydrogen) atoms. The number of urea groups is 1. The summed E-state index contributed by atoms with van der Waals surface area (Å²) in [7, 11) is 1.25. The highest BCUT2D eigenvalue weighted by Gasteiger charge is 2.41. The Morgan fingerprint density at radius 2 is 1.85 bits per heavy atom. The van der Waals surface area contributed by atoms with Crippen molar-refractivity contribution in [1.29, 1.82) is 0 Å². The molecule has 0 bridgehead atoms. The first-order valence-electron chi connectivity index (χ1n) is 3.84. The summed E-state index contributed by atoms with van der Waals surface area (Å²) in [6.07, 6.45) is 0.290. The molecule has 1 N–H and O–H groups in total. The fourth-order valence-electron chi connectivity index (χ4n) is 1.04. The lowest BCUT2D eigenvalue weighted by Gasteiger charge is -2.10. The van der Waals surface area contributed by atoms with Gasteiger partial charge in [0, 0.05) is 20.2 Å². The van der Waals surface area contributed by atoms with Gasteiger partial charge in [0.1, 0.15) is 0 Å². The minimum absolute atomic E-state index is 0.0875. The molecule has 1 rings (SSSR count). The number of aliphatic hydroxyl groups excluding tert-OH is 1. The molecular formula is C7H10N2O4. The first-order chi connectivity index (χ1) is 6.09. The van der Waals surface area contributed by atoms with Gasteiger partial charge in [-0.05, 0) is 6.42 Å². The van der Waals surface area contributed by atoms with Gasteiger partial charge in [-0.3, -0.25) is 19.4 Å². The van der Waals surface area contributed by atoms with E-state index in [1.54, 1.807) is 0 Å². The van der Waals surface area contributed by atoms with Gasteiger partial charge in [0.05, 0.1) is 0 Å². The number of likely N-dealkylation sites (N-methyl/N-ethyl adjacent to an activating group) is 1. The number of hydrogen-bond acceptors (Lipinski definition) is 4. The van der Waals surface area contributed by atoms with Crippen molar-refractivity contribution < 1.29 is 19.5 Å². The molecule has 6 heteroatoms. The van der Waals surface area contributed by atoms with Crippen LogP contribution in [0, 0.1) is 0 Å². The predicted molar refractivity (Wildman–Crippen MR) is 41.6 cm³/mol. The molecule has 4 amide bonds. The van der Waals surface area contributed by atoms with E-state index in [2.05, 4.69) is 0 Å². The quantitative estimate of drug-likeness (QED) is 0.443. The highest BCUT2D eigenvalue weighted by Crippen LogP contribution is 2.09. The van der Waals surface area contributed by atoms with Crippen LogP contribution in [0.25, 0.3) is 0 Å². The average Bonchev–Trinajstić information content (AvgIpc) is 2.30. The molecule has 1 aliphatic heterocycles. The minimum atomic E-state index is -0.819. The molecule has 1 fully saturated rings. The fourth-order valence-corrected chi connectivity index (χ4v) is 1.04. The minimum Gasteiger partial charge on any atom is -0.396 e. The number of rotatable bonds is 3. The molecule has 0 saturated carbocycles. The van der Waals surface area contributed by atoms with Crippen LogP contribution in [0.5, 0.6) is 0 Å². The molecule has 72 valence electrons. The van der Waals surface area contributed by atoms with Gasteiger partial charge in [0.25, 0.3) is 0 Å². The van der Waals surface area contributed by atoms with E-state index in [-0.39, 0.29) is 13.2 Å². The van der Waals surface area contributed by atoms with Gasteiger partial charge in [-0.1, -0.05) is 0 Å². The van der Waals surface area contributed by atoms with Crippen molar-refractivity contribution in [3.8, 4) is 0 Å². The highest BCUT2D eigenvalue weighted by molar-refractivity contribution is 6.44. The lowest BCUT2D eigenvalue weighted by atomic mass is 10.4. The Bertz CT molecular complexity index is 263. The molecule has 6 nitrogen and oxygen atoms in total. The molecule has 0 spiro atoms.